The van der Waals surface area contributed by atoms with Crippen LogP contribution < -0.4 is 10.1 Å². The number of hydrogen-bond acceptors (Lipinski definition) is 3. The van der Waals surface area contributed by atoms with Crippen molar-refractivity contribution in [3.8, 4) is 5.75 Å². The van der Waals surface area contributed by atoms with Gasteiger partial charge in [0.1, 0.15) is 5.75 Å². The first-order valence-corrected chi connectivity index (χ1v) is 6.91. The number of nitrogens with one attached hydrogen (secondary N) is 1. The molecule has 1 atom stereocenters. The predicted octanol–water partition coefficient (Wildman–Crippen LogP) is 3.10. The molecule has 1 rings (SSSR count). The lowest BCUT2D eigenvalue weighted by Gasteiger charge is -2.12. The zero-order valence-corrected chi connectivity index (χ0v) is 11.1. The molecule has 0 aromatic heterocycles. The maximum atomic E-state index is 5.69. The third-order valence-corrected chi connectivity index (χ3v) is 3.36. The fourth-order valence-corrected chi connectivity index (χ4v) is 1.89. The fraction of sp³-hybridized carbons (Fsp3) is 0.538. The van der Waals surface area contributed by atoms with E-state index >= 15 is 0 Å². The highest BCUT2D eigenvalue weighted by atomic mass is 32.2. The van der Waals surface area contributed by atoms with E-state index in [0.29, 0.717) is 6.04 Å². The summed E-state index contributed by atoms with van der Waals surface area (Å²) < 4.78 is 5.69. The van der Waals surface area contributed by atoms with Crippen molar-refractivity contribution >= 4 is 11.8 Å². The average molecular weight is 239 g/mol. The minimum atomic E-state index is 0.369. The second-order valence-electron chi connectivity index (χ2n) is 3.63. The summed E-state index contributed by atoms with van der Waals surface area (Å²) in [5, 5.41) is 3.23. The molecule has 0 spiro atoms. The molecule has 0 bridgehead atoms. The van der Waals surface area contributed by atoms with Crippen molar-refractivity contribution in [3.63, 3.8) is 0 Å². The SMILES string of the molecule is CCSCCOc1cccc(C(C)NC)c1. The Balaban J connectivity index is 2.47. The molecule has 0 aliphatic heterocycles. The van der Waals surface area contributed by atoms with E-state index in [1.807, 2.05) is 30.9 Å². The minimum Gasteiger partial charge on any atom is -0.493 e. The highest BCUT2D eigenvalue weighted by molar-refractivity contribution is 7.99. The quantitative estimate of drug-likeness (QED) is 0.739. The molecule has 2 nitrogen and oxygen atoms in total. The Labute approximate surface area is 103 Å². The van der Waals surface area contributed by atoms with Crippen molar-refractivity contribution in [2.24, 2.45) is 0 Å². The molecule has 16 heavy (non-hydrogen) atoms. The number of benzene rings is 1. The molecule has 0 heterocycles. The van der Waals surface area contributed by atoms with Gasteiger partial charge in [-0.3, -0.25) is 0 Å². The van der Waals surface area contributed by atoms with E-state index in [4.69, 9.17) is 4.74 Å². The molecule has 1 unspecified atom stereocenters. The molecule has 0 fully saturated rings. The van der Waals surface area contributed by atoms with E-state index in [-0.39, 0.29) is 0 Å². The maximum absolute atomic E-state index is 5.69. The Morgan fingerprint density at radius 3 is 2.94 bits per heavy atom. The monoisotopic (exact) mass is 239 g/mol. The third kappa shape index (κ3) is 4.45. The fourth-order valence-electron chi connectivity index (χ4n) is 1.40. The van der Waals surface area contributed by atoms with Crippen molar-refractivity contribution in [3.05, 3.63) is 29.8 Å². The summed E-state index contributed by atoms with van der Waals surface area (Å²) >= 11 is 1.91. The van der Waals surface area contributed by atoms with Crippen molar-refractivity contribution < 1.29 is 4.74 Å². The van der Waals surface area contributed by atoms with Gasteiger partial charge in [0.25, 0.3) is 0 Å². The number of rotatable bonds is 7. The van der Waals surface area contributed by atoms with Gasteiger partial charge in [-0.05, 0) is 37.4 Å². The Hall–Kier alpha value is -0.670. The second kappa shape index (κ2) is 7.58. The van der Waals surface area contributed by atoms with Gasteiger partial charge in [-0.25, -0.2) is 0 Å². The van der Waals surface area contributed by atoms with Crippen LogP contribution in [0.1, 0.15) is 25.5 Å². The van der Waals surface area contributed by atoms with Gasteiger partial charge in [-0.1, -0.05) is 19.1 Å². The topological polar surface area (TPSA) is 21.3 Å². The van der Waals surface area contributed by atoms with E-state index in [0.717, 1.165) is 23.9 Å². The standard InChI is InChI=1S/C13H21NOS/c1-4-16-9-8-15-13-7-5-6-12(10-13)11(2)14-3/h5-7,10-11,14H,4,8-9H2,1-3H3. The summed E-state index contributed by atoms with van der Waals surface area (Å²) in [7, 11) is 1.97. The number of hydrogen-bond donors (Lipinski definition) is 1. The van der Waals surface area contributed by atoms with Gasteiger partial charge < -0.3 is 10.1 Å². The third-order valence-electron chi connectivity index (χ3n) is 2.49. The van der Waals surface area contributed by atoms with Gasteiger partial charge in [0.05, 0.1) is 6.61 Å². The summed E-state index contributed by atoms with van der Waals surface area (Å²) in [5.41, 5.74) is 1.27. The van der Waals surface area contributed by atoms with Crippen LogP contribution in [0.4, 0.5) is 0 Å². The van der Waals surface area contributed by atoms with E-state index in [2.05, 4.69) is 31.3 Å². The lowest BCUT2D eigenvalue weighted by molar-refractivity contribution is 0.343. The first-order chi connectivity index (χ1) is 7.77. The van der Waals surface area contributed by atoms with Gasteiger partial charge >= 0.3 is 0 Å². The molecule has 0 saturated carbocycles. The minimum absolute atomic E-state index is 0.369. The Bertz CT molecular complexity index is 304. The second-order valence-corrected chi connectivity index (χ2v) is 5.02. The van der Waals surface area contributed by atoms with Crippen molar-refractivity contribution in [1.82, 2.24) is 5.32 Å². The molecule has 1 aromatic carbocycles. The Morgan fingerprint density at radius 1 is 1.44 bits per heavy atom. The smallest absolute Gasteiger partial charge is 0.119 e. The highest BCUT2D eigenvalue weighted by Crippen LogP contribution is 2.18. The van der Waals surface area contributed by atoms with E-state index < -0.39 is 0 Å². The van der Waals surface area contributed by atoms with Crippen LogP contribution in [0, 0.1) is 0 Å². The molecule has 1 N–H and O–H groups in total. The van der Waals surface area contributed by atoms with Crippen LogP contribution in [0.25, 0.3) is 0 Å². The van der Waals surface area contributed by atoms with Crippen molar-refractivity contribution in [1.29, 1.82) is 0 Å². The molecule has 3 heteroatoms. The lowest BCUT2D eigenvalue weighted by Crippen LogP contribution is -2.12. The molecule has 1 aromatic rings. The van der Waals surface area contributed by atoms with Gasteiger partial charge in [-0.15, -0.1) is 0 Å². The van der Waals surface area contributed by atoms with E-state index in [9.17, 15) is 0 Å². The first kappa shape index (κ1) is 13.4. The van der Waals surface area contributed by atoms with Gasteiger partial charge in [0.2, 0.25) is 0 Å². The summed E-state index contributed by atoms with van der Waals surface area (Å²) in [6.07, 6.45) is 0. The van der Waals surface area contributed by atoms with Crippen LogP contribution in [-0.4, -0.2) is 25.2 Å². The normalized spacial score (nSPS) is 12.4. The van der Waals surface area contributed by atoms with Gasteiger partial charge in [0, 0.05) is 11.8 Å². The largest absolute Gasteiger partial charge is 0.493 e. The molecule has 0 aliphatic rings. The number of ether oxygens (including phenoxy) is 1. The van der Waals surface area contributed by atoms with E-state index in [1.54, 1.807) is 0 Å². The molecule has 0 amide bonds. The summed E-state index contributed by atoms with van der Waals surface area (Å²) in [4.78, 5) is 0. The maximum Gasteiger partial charge on any atom is 0.119 e. The number of thioether (sulfide) groups is 1. The zero-order chi connectivity index (χ0) is 11.8. The lowest BCUT2D eigenvalue weighted by atomic mass is 10.1. The zero-order valence-electron chi connectivity index (χ0n) is 10.3. The van der Waals surface area contributed by atoms with Crippen LogP contribution in [0.2, 0.25) is 0 Å². The van der Waals surface area contributed by atoms with E-state index in [1.165, 1.54) is 5.56 Å². The predicted molar refractivity (Wildman–Crippen MR) is 72.4 cm³/mol. The van der Waals surface area contributed by atoms with Crippen molar-refractivity contribution in [2.75, 3.05) is 25.2 Å². The highest BCUT2D eigenvalue weighted by Gasteiger charge is 2.03. The van der Waals surface area contributed by atoms with Crippen LogP contribution >= 0.6 is 11.8 Å². The van der Waals surface area contributed by atoms with Crippen LogP contribution in [0.5, 0.6) is 5.75 Å². The molecule has 0 aliphatic carbocycles. The van der Waals surface area contributed by atoms with Crippen LogP contribution in [0.3, 0.4) is 0 Å². The average Bonchev–Trinajstić information content (AvgIpc) is 2.34. The molecule has 0 saturated heterocycles. The van der Waals surface area contributed by atoms with Gasteiger partial charge in [-0.2, -0.15) is 11.8 Å². The Kier molecular flexibility index (Phi) is 6.34. The summed E-state index contributed by atoms with van der Waals surface area (Å²) in [6, 6.07) is 8.66. The molecular weight excluding hydrogens is 218 g/mol. The molecule has 0 radical (unpaired) electrons. The first-order valence-electron chi connectivity index (χ1n) is 5.75. The Morgan fingerprint density at radius 2 is 2.25 bits per heavy atom. The van der Waals surface area contributed by atoms with Crippen molar-refractivity contribution in [2.45, 2.75) is 19.9 Å². The summed E-state index contributed by atoms with van der Waals surface area (Å²) in [6.45, 7) is 5.10. The van der Waals surface area contributed by atoms with Crippen LogP contribution in [-0.2, 0) is 0 Å². The molecule has 90 valence electrons. The summed E-state index contributed by atoms with van der Waals surface area (Å²) in [5.74, 6) is 3.18. The van der Waals surface area contributed by atoms with Crippen LogP contribution in [0.15, 0.2) is 24.3 Å². The van der Waals surface area contributed by atoms with Gasteiger partial charge in [0.15, 0.2) is 0 Å². The molecular formula is C13H21NOS.